The fourth-order valence-electron chi connectivity index (χ4n) is 2.47. The molecule has 1 N–H and O–H groups in total. The lowest BCUT2D eigenvalue weighted by molar-refractivity contribution is -0.132. The number of unbranched alkanes of at least 4 members (excludes halogenated alkanes) is 3. The molecule has 17 heavy (non-hydrogen) atoms. The summed E-state index contributed by atoms with van der Waals surface area (Å²) in [5, 5.41) is 3.39. The average molecular weight is 240 g/mol. The van der Waals surface area contributed by atoms with Crippen LogP contribution in [0.2, 0.25) is 0 Å². The van der Waals surface area contributed by atoms with Gasteiger partial charge in [-0.3, -0.25) is 4.79 Å². The van der Waals surface area contributed by atoms with Crippen molar-refractivity contribution in [3.05, 3.63) is 0 Å². The van der Waals surface area contributed by atoms with Crippen molar-refractivity contribution in [2.45, 2.75) is 64.3 Å². The minimum absolute atomic E-state index is 0.341. The zero-order valence-electron chi connectivity index (χ0n) is 11.5. The van der Waals surface area contributed by atoms with Crippen molar-refractivity contribution in [3.63, 3.8) is 0 Å². The van der Waals surface area contributed by atoms with Crippen LogP contribution in [0.3, 0.4) is 0 Å². The molecule has 1 fully saturated rings. The Labute approximate surface area is 106 Å². The molecule has 0 saturated carbocycles. The molecule has 0 aromatic rings. The Morgan fingerprint density at radius 2 is 2.06 bits per heavy atom. The topological polar surface area (TPSA) is 32.3 Å². The van der Waals surface area contributed by atoms with E-state index in [-0.39, 0.29) is 0 Å². The van der Waals surface area contributed by atoms with Crippen LogP contribution in [-0.4, -0.2) is 37.0 Å². The lowest BCUT2D eigenvalue weighted by Crippen LogP contribution is -2.37. The second kappa shape index (κ2) is 8.51. The van der Waals surface area contributed by atoms with Crippen LogP contribution < -0.4 is 5.32 Å². The molecule has 0 aromatic carbocycles. The van der Waals surface area contributed by atoms with E-state index in [4.69, 9.17) is 0 Å². The maximum absolute atomic E-state index is 12.0. The van der Waals surface area contributed by atoms with Gasteiger partial charge in [0.2, 0.25) is 5.91 Å². The largest absolute Gasteiger partial charge is 0.343 e. The molecule has 0 bridgehead atoms. The third-order valence-corrected chi connectivity index (χ3v) is 3.73. The summed E-state index contributed by atoms with van der Waals surface area (Å²) in [6.45, 7) is 4.36. The van der Waals surface area contributed by atoms with Crippen LogP contribution >= 0.6 is 0 Å². The van der Waals surface area contributed by atoms with E-state index in [1.54, 1.807) is 0 Å². The molecular weight excluding hydrogens is 212 g/mol. The minimum atomic E-state index is 0.341. The van der Waals surface area contributed by atoms with Crippen LogP contribution in [0.4, 0.5) is 0 Å². The molecule has 1 unspecified atom stereocenters. The summed E-state index contributed by atoms with van der Waals surface area (Å²) < 4.78 is 0. The van der Waals surface area contributed by atoms with Crippen molar-refractivity contribution >= 4 is 5.91 Å². The maximum Gasteiger partial charge on any atom is 0.222 e. The standard InChI is InChI=1S/C14H28N2O/c1-3-4-5-6-9-14(17)16(2)13-8-7-11-15-12-10-13/h13,15H,3-12H2,1-2H3. The highest BCUT2D eigenvalue weighted by Crippen LogP contribution is 2.14. The highest BCUT2D eigenvalue weighted by Gasteiger charge is 2.20. The van der Waals surface area contributed by atoms with Crippen molar-refractivity contribution in [1.29, 1.82) is 0 Å². The van der Waals surface area contributed by atoms with Crippen LogP contribution in [0.5, 0.6) is 0 Å². The van der Waals surface area contributed by atoms with E-state index in [2.05, 4.69) is 12.2 Å². The van der Waals surface area contributed by atoms with Crippen molar-refractivity contribution < 1.29 is 4.79 Å². The Hall–Kier alpha value is -0.570. The number of carbonyl (C=O) groups excluding carboxylic acids is 1. The van der Waals surface area contributed by atoms with Gasteiger partial charge < -0.3 is 10.2 Å². The summed E-state index contributed by atoms with van der Waals surface area (Å²) in [5.41, 5.74) is 0. The third kappa shape index (κ3) is 5.53. The van der Waals surface area contributed by atoms with Gasteiger partial charge in [0, 0.05) is 19.5 Å². The van der Waals surface area contributed by atoms with Gasteiger partial charge in [-0.25, -0.2) is 0 Å². The summed E-state index contributed by atoms with van der Waals surface area (Å²) in [7, 11) is 1.98. The molecule has 0 spiro atoms. The number of carbonyl (C=O) groups is 1. The smallest absolute Gasteiger partial charge is 0.222 e. The van der Waals surface area contributed by atoms with Gasteiger partial charge in [0.25, 0.3) is 0 Å². The van der Waals surface area contributed by atoms with Crippen LogP contribution in [0, 0.1) is 0 Å². The van der Waals surface area contributed by atoms with Crippen molar-refractivity contribution in [3.8, 4) is 0 Å². The van der Waals surface area contributed by atoms with Crippen molar-refractivity contribution in [2.75, 3.05) is 20.1 Å². The first-order chi connectivity index (χ1) is 8.25. The number of nitrogens with one attached hydrogen (secondary N) is 1. The summed E-state index contributed by atoms with van der Waals surface area (Å²) in [5.74, 6) is 0.341. The third-order valence-electron chi connectivity index (χ3n) is 3.73. The molecule has 1 aliphatic rings. The summed E-state index contributed by atoms with van der Waals surface area (Å²) in [4.78, 5) is 14.0. The molecule has 1 heterocycles. The first-order valence-corrected chi connectivity index (χ1v) is 7.22. The lowest BCUT2D eigenvalue weighted by Gasteiger charge is -2.27. The Bertz CT molecular complexity index is 210. The summed E-state index contributed by atoms with van der Waals surface area (Å²) in [6, 6.07) is 0.462. The molecule has 1 aliphatic heterocycles. The highest BCUT2D eigenvalue weighted by molar-refractivity contribution is 5.76. The van der Waals surface area contributed by atoms with Crippen LogP contribution in [0.15, 0.2) is 0 Å². The Morgan fingerprint density at radius 1 is 1.24 bits per heavy atom. The number of amides is 1. The normalized spacial score (nSPS) is 20.9. The van der Waals surface area contributed by atoms with E-state index < -0.39 is 0 Å². The van der Waals surface area contributed by atoms with Crippen LogP contribution in [0.25, 0.3) is 0 Å². The van der Waals surface area contributed by atoms with Gasteiger partial charge in [-0.1, -0.05) is 26.2 Å². The SMILES string of the molecule is CCCCCCC(=O)N(C)C1CCCNCC1. The Morgan fingerprint density at radius 3 is 2.82 bits per heavy atom. The Balaban J connectivity index is 2.24. The van der Waals surface area contributed by atoms with Gasteiger partial charge in [0.1, 0.15) is 0 Å². The number of hydrogen-bond acceptors (Lipinski definition) is 2. The quantitative estimate of drug-likeness (QED) is 0.724. The van der Waals surface area contributed by atoms with Gasteiger partial charge in [-0.2, -0.15) is 0 Å². The van der Waals surface area contributed by atoms with E-state index in [9.17, 15) is 4.79 Å². The van der Waals surface area contributed by atoms with Crippen LogP contribution in [-0.2, 0) is 4.79 Å². The fraction of sp³-hybridized carbons (Fsp3) is 0.929. The average Bonchev–Trinajstić information content (AvgIpc) is 2.62. The van der Waals surface area contributed by atoms with Crippen LogP contribution in [0.1, 0.15) is 58.3 Å². The van der Waals surface area contributed by atoms with E-state index in [1.165, 1.54) is 25.7 Å². The second-order valence-corrected chi connectivity index (χ2v) is 5.15. The number of hydrogen-bond donors (Lipinski definition) is 1. The van der Waals surface area contributed by atoms with E-state index in [1.807, 2.05) is 11.9 Å². The molecule has 3 heteroatoms. The maximum atomic E-state index is 12.0. The Kier molecular flexibility index (Phi) is 7.25. The molecular formula is C14H28N2O. The molecule has 0 aliphatic carbocycles. The van der Waals surface area contributed by atoms with Crippen molar-refractivity contribution in [1.82, 2.24) is 10.2 Å². The number of nitrogens with zero attached hydrogens (tertiary/aromatic N) is 1. The zero-order chi connectivity index (χ0) is 12.5. The molecule has 1 amide bonds. The molecule has 1 atom stereocenters. The van der Waals surface area contributed by atoms with Gasteiger partial charge in [-0.05, 0) is 38.8 Å². The van der Waals surface area contributed by atoms with Crippen molar-refractivity contribution in [2.24, 2.45) is 0 Å². The van der Waals surface area contributed by atoms with Gasteiger partial charge in [-0.15, -0.1) is 0 Å². The van der Waals surface area contributed by atoms with E-state index in [0.29, 0.717) is 11.9 Å². The predicted molar refractivity (Wildman–Crippen MR) is 72.0 cm³/mol. The van der Waals surface area contributed by atoms with Gasteiger partial charge in [0.15, 0.2) is 0 Å². The molecule has 100 valence electrons. The lowest BCUT2D eigenvalue weighted by atomic mass is 10.1. The summed E-state index contributed by atoms with van der Waals surface area (Å²) >= 11 is 0. The first kappa shape index (κ1) is 14.5. The van der Waals surface area contributed by atoms with E-state index >= 15 is 0 Å². The zero-order valence-corrected chi connectivity index (χ0v) is 11.5. The van der Waals surface area contributed by atoms with E-state index in [0.717, 1.165) is 38.8 Å². The molecule has 0 radical (unpaired) electrons. The minimum Gasteiger partial charge on any atom is -0.343 e. The molecule has 1 saturated heterocycles. The van der Waals surface area contributed by atoms with Gasteiger partial charge in [0.05, 0.1) is 0 Å². The first-order valence-electron chi connectivity index (χ1n) is 7.22. The molecule has 0 aromatic heterocycles. The number of rotatable bonds is 6. The highest BCUT2D eigenvalue weighted by atomic mass is 16.2. The monoisotopic (exact) mass is 240 g/mol. The molecule has 1 rings (SSSR count). The fourth-order valence-corrected chi connectivity index (χ4v) is 2.47. The predicted octanol–water partition coefficient (Wildman–Crippen LogP) is 2.56. The second-order valence-electron chi connectivity index (χ2n) is 5.15. The summed E-state index contributed by atoms with van der Waals surface area (Å²) in [6.07, 6.45) is 8.94. The molecule has 3 nitrogen and oxygen atoms in total. The van der Waals surface area contributed by atoms with Gasteiger partial charge >= 0.3 is 0 Å².